The van der Waals surface area contributed by atoms with Crippen LogP contribution in [0.4, 0.5) is 0 Å². The number of nitrogens with one attached hydrogen (secondary N) is 1. The number of allylic oxidation sites excluding steroid dienone is 7. The third-order valence-corrected chi connectivity index (χ3v) is 17.4. The number of amides is 1. The monoisotopic (exact) mass is 1200 g/mol. The molecule has 0 rings (SSSR count). The summed E-state index contributed by atoms with van der Waals surface area (Å²) >= 11 is 0. The van der Waals surface area contributed by atoms with E-state index in [1.165, 1.54) is 263 Å². The van der Waals surface area contributed by atoms with Crippen molar-refractivity contribution in [3.63, 3.8) is 0 Å². The summed E-state index contributed by atoms with van der Waals surface area (Å²) in [5.41, 5.74) is 0. The highest BCUT2D eigenvalue weighted by molar-refractivity contribution is 7.45. The Kier molecular flexibility index (Phi) is 62.4. The van der Waals surface area contributed by atoms with Gasteiger partial charge < -0.3 is 28.5 Å². The van der Waals surface area contributed by atoms with Gasteiger partial charge in [0.2, 0.25) is 5.91 Å². The predicted molar refractivity (Wildman–Crippen MR) is 363 cm³/mol. The maximum absolute atomic E-state index is 13.6. The minimum Gasteiger partial charge on any atom is -0.756 e. The number of phosphoric ester groups is 1. The van der Waals surface area contributed by atoms with Gasteiger partial charge in [-0.2, -0.15) is 0 Å². The van der Waals surface area contributed by atoms with Crippen molar-refractivity contribution >= 4 is 19.7 Å². The molecule has 0 saturated carbocycles. The molecule has 9 nitrogen and oxygen atoms in total. The molecule has 3 atom stereocenters. The van der Waals surface area contributed by atoms with Crippen LogP contribution in [0.2, 0.25) is 0 Å². The Bertz CT molecular complexity index is 1570. The summed E-state index contributed by atoms with van der Waals surface area (Å²) < 4.78 is 30.5. The van der Waals surface area contributed by atoms with Crippen LogP contribution >= 0.6 is 7.82 Å². The van der Waals surface area contributed by atoms with E-state index in [0.29, 0.717) is 17.4 Å². The van der Waals surface area contributed by atoms with Crippen LogP contribution in [0, 0.1) is 0 Å². The fourth-order valence-electron chi connectivity index (χ4n) is 10.8. The highest BCUT2D eigenvalue weighted by atomic mass is 31.2. The van der Waals surface area contributed by atoms with Gasteiger partial charge in [0.25, 0.3) is 7.82 Å². The molecule has 0 aromatic heterocycles. The lowest BCUT2D eigenvalue weighted by atomic mass is 10.0. The van der Waals surface area contributed by atoms with Crippen molar-refractivity contribution in [1.82, 2.24) is 5.32 Å². The van der Waals surface area contributed by atoms with Crippen LogP contribution in [0.3, 0.4) is 0 Å². The fourth-order valence-corrected chi connectivity index (χ4v) is 11.6. The van der Waals surface area contributed by atoms with Crippen LogP contribution in [0.5, 0.6) is 0 Å². The molecule has 1 amide bonds. The van der Waals surface area contributed by atoms with E-state index in [1.54, 1.807) is 0 Å². The summed E-state index contributed by atoms with van der Waals surface area (Å²) in [6, 6.07) is -0.889. The third kappa shape index (κ3) is 64.4. The minimum atomic E-state index is -4.70. The number of hydrogen-bond acceptors (Lipinski definition) is 7. The summed E-state index contributed by atoms with van der Waals surface area (Å²) in [4.78, 5) is 40.2. The Labute approximate surface area is 522 Å². The second kappa shape index (κ2) is 64.0. The lowest BCUT2D eigenvalue weighted by molar-refractivity contribution is -0.870. The highest BCUT2D eigenvalue weighted by Gasteiger charge is 2.27. The lowest BCUT2D eigenvalue weighted by Gasteiger charge is -2.30. The fraction of sp³-hybridized carbons (Fsp3) is 0.865. The molecule has 0 aromatic rings. The zero-order chi connectivity index (χ0) is 61.4. The van der Waals surface area contributed by atoms with Gasteiger partial charge in [0.05, 0.1) is 33.8 Å². The van der Waals surface area contributed by atoms with Crippen molar-refractivity contribution in [3.05, 3.63) is 48.6 Å². The molecule has 84 heavy (non-hydrogen) atoms. The number of ether oxygens (including phenoxy) is 1. The van der Waals surface area contributed by atoms with E-state index in [2.05, 4.69) is 62.5 Å². The summed E-state index contributed by atoms with van der Waals surface area (Å²) in [7, 11) is 1.20. The Morgan fingerprint density at radius 2 is 0.726 bits per heavy atom. The van der Waals surface area contributed by atoms with E-state index < -0.39 is 20.0 Å². The molecule has 0 aromatic carbocycles. The molecule has 0 aliphatic rings. The standard InChI is InChI=1S/C74H141N2O7P/c1-7-10-13-16-19-22-25-28-30-32-34-36-37-38-39-41-43-45-47-49-52-55-58-61-64-67-74(78)83-72(65-62-59-56-53-50-27-24-21-18-15-12-9-3)71(70-82-84(79,80)81-69-68-76(4,5)6)75-73(77)66-63-60-57-54-51-48-46-44-42-40-35-33-31-29-26-23-20-17-14-11-8-2/h20,23,28-31,62,65,71-72H,7-19,21-22,24-27,32-61,63-64,66-70H2,1-6H3,(H-,75,77,79,80)/b23-20-,30-28+,31-29-,65-62+. The van der Waals surface area contributed by atoms with Crippen LogP contribution in [0.1, 0.15) is 361 Å². The number of rotatable bonds is 67. The number of hydrogen-bond donors (Lipinski definition) is 1. The Balaban J connectivity index is 5.01. The Morgan fingerprint density at radius 1 is 0.417 bits per heavy atom. The predicted octanol–water partition coefficient (Wildman–Crippen LogP) is 22.6. The van der Waals surface area contributed by atoms with Gasteiger partial charge in [-0.3, -0.25) is 14.2 Å². The molecule has 1 N–H and O–H groups in total. The molecule has 0 fully saturated rings. The third-order valence-electron chi connectivity index (χ3n) is 16.5. The van der Waals surface area contributed by atoms with Gasteiger partial charge in [0.1, 0.15) is 19.3 Å². The molecule has 0 radical (unpaired) electrons. The first-order chi connectivity index (χ1) is 40.9. The lowest BCUT2D eigenvalue weighted by Crippen LogP contribution is -2.47. The number of unbranched alkanes of at least 4 members (excludes halogenated alkanes) is 45. The maximum atomic E-state index is 13.6. The summed E-state index contributed by atoms with van der Waals surface area (Å²) in [5, 5.41) is 3.05. The van der Waals surface area contributed by atoms with Gasteiger partial charge in [-0.15, -0.1) is 0 Å². The zero-order valence-electron chi connectivity index (χ0n) is 56.6. The van der Waals surface area contributed by atoms with Crippen LogP contribution in [0.15, 0.2) is 48.6 Å². The van der Waals surface area contributed by atoms with Gasteiger partial charge in [0.15, 0.2) is 0 Å². The van der Waals surface area contributed by atoms with Crippen molar-refractivity contribution in [2.45, 2.75) is 373 Å². The number of esters is 1. The second-order valence-electron chi connectivity index (χ2n) is 26.1. The number of carbonyl (C=O) groups is 2. The molecule has 494 valence electrons. The van der Waals surface area contributed by atoms with Gasteiger partial charge in [-0.25, -0.2) is 0 Å². The Morgan fingerprint density at radius 3 is 1.11 bits per heavy atom. The molecular weight excluding hydrogens is 1060 g/mol. The quantitative estimate of drug-likeness (QED) is 0.0212. The summed E-state index contributed by atoms with van der Waals surface area (Å²) in [6.07, 6.45) is 80.9. The molecule has 0 saturated heterocycles. The minimum absolute atomic E-state index is 0.0211. The molecule has 0 heterocycles. The molecule has 0 spiro atoms. The average Bonchev–Trinajstić information content (AvgIpc) is 3.64. The van der Waals surface area contributed by atoms with E-state index in [1.807, 2.05) is 33.3 Å². The SMILES string of the molecule is CCCCC/C=C\C/C=C\CCCCCCCCCCCCCC(=O)NC(COP(=O)([O-])OCC[N+](C)(C)C)C(/C=C/CCCCCCCCCCCC)OC(=O)CCCCCCCCCCCCCCCCC/C=C/CCCCCCCC. The summed E-state index contributed by atoms with van der Waals surface area (Å²) in [6.45, 7) is 6.87. The van der Waals surface area contributed by atoms with Crippen molar-refractivity contribution in [1.29, 1.82) is 0 Å². The maximum Gasteiger partial charge on any atom is 0.306 e. The summed E-state index contributed by atoms with van der Waals surface area (Å²) in [5.74, 6) is -0.527. The normalized spacial score (nSPS) is 13.8. The number of phosphoric acid groups is 1. The molecule has 0 aliphatic heterocycles. The van der Waals surface area contributed by atoms with Gasteiger partial charge in [-0.1, -0.05) is 307 Å². The van der Waals surface area contributed by atoms with E-state index in [9.17, 15) is 19.0 Å². The van der Waals surface area contributed by atoms with E-state index in [-0.39, 0.29) is 31.5 Å². The Hall–Kier alpha value is -2.03. The first-order valence-electron chi connectivity index (χ1n) is 36.4. The van der Waals surface area contributed by atoms with Crippen molar-refractivity contribution in [2.75, 3.05) is 40.9 Å². The number of carbonyl (C=O) groups excluding carboxylic acids is 2. The molecule has 10 heteroatoms. The number of likely N-dealkylation sites (N-methyl/N-ethyl adjacent to an activating group) is 1. The van der Waals surface area contributed by atoms with E-state index >= 15 is 0 Å². The van der Waals surface area contributed by atoms with Gasteiger partial charge >= 0.3 is 5.97 Å². The average molecular weight is 1200 g/mol. The largest absolute Gasteiger partial charge is 0.756 e. The topological polar surface area (TPSA) is 114 Å². The first-order valence-corrected chi connectivity index (χ1v) is 37.9. The van der Waals surface area contributed by atoms with Gasteiger partial charge in [-0.05, 0) is 89.5 Å². The van der Waals surface area contributed by atoms with Crippen LogP contribution in [-0.4, -0.2) is 69.4 Å². The van der Waals surface area contributed by atoms with E-state index in [0.717, 1.165) is 64.2 Å². The molecule has 0 aliphatic carbocycles. The second-order valence-corrected chi connectivity index (χ2v) is 27.5. The molecule has 3 unspecified atom stereocenters. The van der Waals surface area contributed by atoms with E-state index in [4.69, 9.17) is 13.8 Å². The highest BCUT2D eigenvalue weighted by Crippen LogP contribution is 2.38. The molecule has 0 bridgehead atoms. The zero-order valence-corrected chi connectivity index (χ0v) is 57.5. The number of quaternary nitrogens is 1. The molecular formula is C74H141N2O7P. The van der Waals surface area contributed by atoms with Crippen molar-refractivity contribution in [3.8, 4) is 0 Å². The number of nitrogens with zero attached hydrogens (tertiary/aromatic N) is 1. The van der Waals surface area contributed by atoms with Crippen LogP contribution < -0.4 is 10.2 Å². The van der Waals surface area contributed by atoms with Crippen molar-refractivity contribution in [2.24, 2.45) is 0 Å². The first kappa shape index (κ1) is 82.0. The smallest absolute Gasteiger partial charge is 0.306 e. The van der Waals surface area contributed by atoms with Crippen LogP contribution in [-0.2, 0) is 27.9 Å². The van der Waals surface area contributed by atoms with Crippen molar-refractivity contribution < 1.29 is 37.3 Å². The van der Waals surface area contributed by atoms with Gasteiger partial charge in [0, 0.05) is 12.8 Å². The van der Waals surface area contributed by atoms with Crippen LogP contribution in [0.25, 0.3) is 0 Å².